The number of nitro groups is 1. The summed E-state index contributed by atoms with van der Waals surface area (Å²) in [4.78, 5) is 28.3. The normalized spacial score (nSPS) is 11.4. The topological polar surface area (TPSA) is 126 Å². The molecule has 0 atom stereocenters. The van der Waals surface area contributed by atoms with Crippen LogP contribution in [-0.2, 0) is 11.4 Å². The molecule has 2 heterocycles. The van der Waals surface area contributed by atoms with Crippen LogP contribution in [0.3, 0.4) is 0 Å². The molecule has 144 valence electrons. The molecule has 9 nitrogen and oxygen atoms in total. The molecule has 2 N–H and O–H groups in total. The van der Waals surface area contributed by atoms with E-state index in [-0.39, 0.29) is 11.5 Å². The highest BCUT2D eigenvalue weighted by Gasteiger charge is 2.21. The third-order valence-corrected chi connectivity index (χ3v) is 4.94. The molecule has 2 aromatic heterocycles. The Morgan fingerprint density at radius 1 is 1.32 bits per heavy atom. The number of hydrogen-bond donors (Lipinski definition) is 1. The summed E-state index contributed by atoms with van der Waals surface area (Å²) < 4.78 is 1.56. The van der Waals surface area contributed by atoms with Gasteiger partial charge in [-0.05, 0) is 43.0 Å². The summed E-state index contributed by atoms with van der Waals surface area (Å²) >= 11 is 1.39. The number of nitrogens with zero attached hydrogens (tertiary/aromatic N) is 4. The fraction of sp³-hybridized carbons (Fsp3) is 0.167. The summed E-state index contributed by atoms with van der Waals surface area (Å²) in [5.74, 6) is -0.501. The predicted octanol–water partition coefficient (Wildman–Crippen LogP) is 3.00. The van der Waals surface area contributed by atoms with Crippen molar-refractivity contribution in [3.8, 4) is 0 Å². The second-order valence-corrected chi connectivity index (χ2v) is 6.91. The van der Waals surface area contributed by atoms with Gasteiger partial charge in [0.1, 0.15) is 11.4 Å². The molecule has 0 saturated carbocycles. The first-order chi connectivity index (χ1) is 13.4. The molecule has 28 heavy (non-hydrogen) atoms. The number of carbonyl (C=O) groups is 1. The Morgan fingerprint density at radius 3 is 2.61 bits per heavy atom. The highest BCUT2D eigenvalue weighted by molar-refractivity contribution is 7.12. The molecule has 0 aliphatic heterocycles. The van der Waals surface area contributed by atoms with Crippen molar-refractivity contribution in [1.29, 1.82) is 0 Å². The van der Waals surface area contributed by atoms with E-state index < -0.39 is 10.9 Å². The lowest BCUT2D eigenvalue weighted by atomic mass is 10.1. The van der Waals surface area contributed by atoms with Crippen LogP contribution in [0.2, 0.25) is 0 Å². The molecule has 0 fully saturated rings. The molecule has 0 radical (unpaired) electrons. The molecule has 3 aromatic rings. The smallest absolute Gasteiger partial charge is 0.365 e. The molecule has 3 rings (SSSR count). The predicted molar refractivity (Wildman–Crippen MR) is 104 cm³/mol. The van der Waals surface area contributed by atoms with Crippen molar-refractivity contribution in [3.63, 3.8) is 0 Å². The SMILES string of the molecule is Cc1nn(Cc2ccc(C(=O)O/N=C(\N)c3cccs3)cc2)c(C)c1[N+](=O)[O-]. The van der Waals surface area contributed by atoms with Crippen LogP contribution >= 0.6 is 11.3 Å². The van der Waals surface area contributed by atoms with E-state index in [1.165, 1.54) is 11.3 Å². The van der Waals surface area contributed by atoms with E-state index in [1.54, 1.807) is 48.9 Å². The molecule has 0 aliphatic carbocycles. The minimum Gasteiger partial charge on any atom is -0.380 e. The highest BCUT2D eigenvalue weighted by Crippen LogP contribution is 2.22. The van der Waals surface area contributed by atoms with Gasteiger partial charge in [0, 0.05) is 0 Å². The fourth-order valence-electron chi connectivity index (χ4n) is 2.64. The van der Waals surface area contributed by atoms with E-state index >= 15 is 0 Å². The Bertz CT molecular complexity index is 1040. The molecule has 1 aromatic carbocycles. The second kappa shape index (κ2) is 8.01. The largest absolute Gasteiger partial charge is 0.380 e. The standard InChI is InChI=1S/C18H17N5O4S/c1-11-16(23(25)26)12(2)22(20-11)10-13-5-7-14(8-6-13)18(24)27-21-17(19)15-4-3-9-28-15/h3-9H,10H2,1-2H3,(H2,19,21). The lowest BCUT2D eigenvalue weighted by molar-refractivity contribution is -0.386. The molecule has 0 bridgehead atoms. The van der Waals surface area contributed by atoms with E-state index in [0.29, 0.717) is 28.4 Å². The number of aromatic nitrogens is 2. The van der Waals surface area contributed by atoms with Gasteiger partial charge in [-0.15, -0.1) is 11.3 Å². The number of thiophene rings is 1. The van der Waals surface area contributed by atoms with Crippen LogP contribution in [0.15, 0.2) is 46.9 Å². The van der Waals surface area contributed by atoms with Gasteiger partial charge in [0.2, 0.25) is 0 Å². The first kappa shape index (κ1) is 19.2. The van der Waals surface area contributed by atoms with Crippen LogP contribution in [0.5, 0.6) is 0 Å². The van der Waals surface area contributed by atoms with Crippen LogP contribution in [0.25, 0.3) is 0 Å². The third-order valence-electron chi connectivity index (χ3n) is 4.05. The molecular formula is C18H17N5O4S. The number of rotatable bonds is 6. The van der Waals surface area contributed by atoms with Crippen molar-refractivity contribution in [2.75, 3.05) is 0 Å². The third kappa shape index (κ3) is 4.07. The highest BCUT2D eigenvalue weighted by atomic mass is 32.1. The van der Waals surface area contributed by atoms with Crippen LogP contribution < -0.4 is 5.73 Å². The van der Waals surface area contributed by atoms with Crippen molar-refractivity contribution in [1.82, 2.24) is 9.78 Å². The van der Waals surface area contributed by atoms with Gasteiger partial charge in [-0.2, -0.15) is 5.10 Å². The fourth-order valence-corrected chi connectivity index (χ4v) is 3.26. The van der Waals surface area contributed by atoms with Gasteiger partial charge in [0.15, 0.2) is 5.84 Å². The second-order valence-electron chi connectivity index (χ2n) is 5.96. The summed E-state index contributed by atoms with van der Waals surface area (Å²) in [6, 6.07) is 10.2. The van der Waals surface area contributed by atoms with Crippen molar-refractivity contribution < 1.29 is 14.6 Å². The van der Waals surface area contributed by atoms with Gasteiger partial charge < -0.3 is 10.6 Å². The first-order valence-corrected chi connectivity index (χ1v) is 9.11. The maximum Gasteiger partial charge on any atom is 0.365 e. The number of aryl methyl sites for hydroxylation is 1. The molecule has 0 amide bonds. The van der Waals surface area contributed by atoms with Crippen LogP contribution in [-0.4, -0.2) is 26.5 Å². The maximum absolute atomic E-state index is 12.1. The Labute approximate surface area is 164 Å². The number of carbonyl (C=O) groups excluding carboxylic acids is 1. The van der Waals surface area contributed by atoms with Gasteiger partial charge in [0.25, 0.3) is 0 Å². The van der Waals surface area contributed by atoms with E-state index in [9.17, 15) is 14.9 Å². The van der Waals surface area contributed by atoms with Crippen molar-refractivity contribution in [2.45, 2.75) is 20.4 Å². The monoisotopic (exact) mass is 399 g/mol. The minimum absolute atomic E-state index is 0.0152. The van der Waals surface area contributed by atoms with Gasteiger partial charge in [-0.3, -0.25) is 14.8 Å². The van der Waals surface area contributed by atoms with Crippen LogP contribution in [0.1, 0.15) is 32.2 Å². The lowest BCUT2D eigenvalue weighted by Crippen LogP contribution is -2.13. The number of amidine groups is 1. The molecular weight excluding hydrogens is 382 g/mol. The molecule has 10 heteroatoms. The van der Waals surface area contributed by atoms with E-state index in [0.717, 1.165) is 5.56 Å². The Balaban J connectivity index is 1.68. The zero-order valence-corrected chi connectivity index (χ0v) is 16.0. The Hall–Kier alpha value is -3.53. The molecule has 0 spiro atoms. The quantitative estimate of drug-likeness (QED) is 0.223. The summed E-state index contributed by atoms with van der Waals surface area (Å²) in [7, 11) is 0. The van der Waals surface area contributed by atoms with Gasteiger partial charge in [-0.25, -0.2) is 4.79 Å². The summed E-state index contributed by atoms with van der Waals surface area (Å²) in [6.07, 6.45) is 0. The van der Waals surface area contributed by atoms with E-state index in [2.05, 4.69) is 10.3 Å². The van der Waals surface area contributed by atoms with Gasteiger partial charge >= 0.3 is 11.7 Å². The number of hydrogen-bond acceptors (Lipinski definition) is 7. The van der Waals surface area contributed by atoms with Gasteiger partial charge in [-0.1, -0.05) is 23.4 Å². The van der Waals surface area contributed by atoms with Crippen molar-refractivity contribution in [2.24, 2.45) is 10.9 Å². The van der Waals surface area contributed by atoms with Crippen LogP contribution in [0.4, 0.5) is 5.69 Å². The zero-order valence-electron chi connectivity index (χ0n) is 15.2. The maximum atomic E-state index is 12.1. The number of benzene rings is 1. The summed E-state index contributed by atoms with van der Waals surface area (Å²) in [6.45, 7) is 3.60. The zero-order chi connectivity index (χ0) is 20.3. The van der Waals surface area contributed by atoms with E-state index in [1.807, 2.05) is 11.4 Å². The minimum atomic E-state index is -0.632. The lowest BCUT2D eigenvalue weighted by Gasteiger charge is -2.05. The summed E-state index contributed by atoms with van der Waals surface area (Å²) in [5, 5.41) is 20.8. The number of oxime groups is 1. The number of nitrogens with two attached hydrogens (primary N) is 1. The van der Waals surface area contributed by atoms with Crippen molar-refractivity contribution in [3.05, 3.63) is 79.3 Å². The average molecular weight is 399 g/mol. The Morgan fingerprint density at radius 2 is 2.04 bits per heavy atom. The van der Waals surface area contributed by atoms with E-state index in [4.69, 9.17) is 10.6 Å². The molecule has 0 aliphatic rings. The van der Waals surface area contributed by atoms with Gasteiger partial charge in [0.05, 0.1) is 21.9 Å². The average Bonchev–Trinajstić information content (AvgIpc) is 3.29. The van der Waals surface area contributed by atoms with Crippen molar-refractivity contribution >= 4 is 28.8 Å². The van der Waals surface area contributed by atoms with Crippen LogP contribution in [0, 0.1) is 24.0 Å². The Kier molecular flexibility index (Phi) is 5.50. The first-order valence-electron chi connectivity index (χ1n) is 8.23. The molecule has 0 saturated heterocycles. The summed E-state index contributed by atoms with van der Waals surface area (Å²) in [5.41, 5.74) is 7.75. The molecule has 0 unspecified atom stereocenters.